The summed E-state index contributed by atoms with van der Waals surface area (Å²) in [6, 6.07) is 4.14. The van der Waals surface area contributed by atoms with Crippen molar-refractivity contribution >= 4 is 5.91 Å². The van der Waals surface area contributed by atoms with Crippen LogP contribution in [0.15, 0.2) is 18.2 Å². The monoisotopic (exact) mass is 266 g/mol. The van der Waals surface area contributed by atoms with E-state index in [2.05, 4.69) is 10.3 Å². The second-order valence-electron chi connectivity index (χ2n) is 5.25. The van der Waals surface area contributed by atoms with Crippen molar-refractivity contribution in [3.8, 4) is 0 Å². The van der Waals surface area contributed by atoms with Crippen LogP contribution in [0.4, 0.5) is 4.39 Å². The lowest BCUT2D eigenvalue weighted by molar-refractivity contribution is 0.0715. The number of carbonyl (C=O) groups is 1. The zero-order valence-corrected chi connectivity index (χ0v) is 10.9. The molecule has 1 aromatic rings. The first-order valence-corrected chi connectivity index (χ1v) is 6.67. The number of halogens is 1. The van der Waals surface area contributed by atoms with Crippen molar-refractivity contribution in [2.45, 2.75) is 32.1 Å². The highest BCUT2D eigenvalue weighted by atomic mass is 19.1. The Morgan fingerprint density at radius 3 is 2.74 bits per heavy atom. The molecule has 1 aromatic heterocycles. The Morgan fingerprint density at radius 2 is 2.11 bits per heavy atom. The van der Waals surface area contributed by atoms with E-state index in [0.29, 0.717) is 6.54 Å². The quantitative estimate of drug-likeness (QED) is 0.818. The molecular weight excluding hydrogens is 247 g/mol. The van der Waals surface area contributed by atoms with Crippen LogP contribution in [0.1, 0.15) is 42.6 Å². The van der Waals surface area contributed by atoms with Crippen molar-refractivity contribution in [1.82, 2.24) is 10.3 Å². The third kappa shape index (κ3) is 3.50. The number of aliphatic hydroxyl groups is 1. The largest absolute Gasteiger partial charge is 0.396 e. The maximum atomic E-state index is 12.9. The number of hydrogen-bond acceptors (Lipinski definition) is 3. The maximum Gasteiger partial charge on any atom is 0.270 e. The maximum absolute atomic E-state index is 12.9. The molecule has 4 nitrogen and oxygen atoms in total. The molecule has 1 fully saturated rings. The normalized spacial score (nSPS) is 18.0. The van der Waals surface area contributed by atoms with Crippen LogP contribution in [0.25, 0.3) is 0 Å². The second-order valence-corrected chi connectivity index (χ2v) is 5.25. The molecule has 1 aliphatic rings. The number of aromatic nitrogens is 1. The topological polar surface area (TPSA) is 62.2 Å². The van der Waals surface area contributed by atoms with Crippen molar-refractivity contribution < 1.29 is 14.3 Å². The molecule has 0 radical (unpaired) electrons. The zero-order chi connectivity index (χ0) is 13.7. The van der Waals surface area contributed by atoms with Gasteiger partial charge in [0.25, 0.3) is 5.91 Å². The Bertz CT molecular complexity index is 445. The first-order valence-electron chi connectivity index (χ1n) is 6.67. The van der Waals surface area contributed by atoms with Gasteiger partial charge in [-0.1, -0.05) is 25.3 Å². The minimum atomic E-state index is -0.665. The highest BCUT2D eigenvalue weighted by Gasteiger charge is 2.31. The van der Waals surface area contributed by atoms with Gasteiger partial charge in [0.1, 0.15) is 5.69 Å². The summed E-state index contributed by atoms with van der Waals surface area (Å²) >= 11 is 0. The molecule has 0 spiro atoms. The molecule has 1 saturated carbocycles. The summed E-state index contributed by atoms with van der Waals surface area (Å²) in [7, 11) is 0. The van der Waals surface area contributed by atoms with Gasteiger partial charge in [0, 0.05) is 12.0 Å². The van der Waals surface area contributed by atoms with Crippen molar-refractivity contribution in [2.75, 3.05) is 13.2 Å². The van der Waals surface area contributed by atoms with Crippen LogP contribution in [0.2, 0.25) is 0 Å². The molecule has 0 saturated heterocycles. The Morgan fingerprint density at radius 1 is 1.37 bits per heavy atom. The predicted molar refractivity (Wildman–Crippen MR) is 69.1 cm³/mol. The molecular formula is C14H19FN2O2. The van der Waals surface area contributed by atoms with E-state index < -0.39 is 11.9 Å². The molecule has 2 N–H and O–H groups in total. The van der Waals surface area contributed by atoms with E-state index in [0.717, 1.165) is 25.7 Å². The number of rotatable bonds is 4. The Kier molecular flexibility index (Phi) is 4.47. The van der Waals surface area contributed by atoms with Gasteiger partial charge in [0.2, 0.25) is 5.95 Å². The van der Waals surface area contributed by atoms with Crippen molar-refractivity contribution in [3.63, 3.8) is 0 Å². The van der Waals surface area contributed by atoms with Gasteiger partial charge in [0.15, 0.2) is 0 Å². The molecule has 1 amide bonds. The van der Waals surface area contributed by atoms with E-state index in [9.17, 15) is 14.3 Å². The molecule has 0 unspecified atom stereocenters. The Labute approximate surface area is 112 Å². The first-order chi connectivity index (χ1) is 9.15. The average molecular weight is 266 g/mol. The summed E-state index contributed by atoms with van der Waals surface area (Å²) in [5, 5.41) is 12.3. The first kappa shape index (κ1) is 13.9. The fourth-order valence-corrected chi connectivity index (χ4v) is 2.59. The molecule has 104 valence electrons. The summed E-state index contributed by atoms with van der Waals surface area (Å²) in [6.07, 6.45) is 5.17. The van der Waals surface area contributed by atoms with Gasteiger partial charge < -0.3 is 10.4 Å². The van der Waals surface area contributed by atoms with E-state index in [1.165, 1.54) is 24.6 Å². The molecule has 0 aliphatic heterocycles. The minimum absolute atomic E-state index is 0.0731. The van der Waals surface area contributed by atoms with Crippen LogP contribution in [0.5, 0.6) is 0 Å². The minimum Gasteiger partial charge on any atom is -0.396 e. The molecule has 0 bridgehead atoms. The summed E-state index contributed by atoms with van der Waals surface area (Å²) in [5.74, 6) is -1.06. The lowest BCUT2D eigenvalue weighted by atomic mass is 9.74. The van der Waals surface area contributed by atoms with Crippen LogP contribution in [-0.2, 0) is 0 Å². The number of nitrogens with zero attached hydrogens (tertiary/aromatic N) is 1. The number of amides is 1. The third-order valence-corrected chi connectivity index (χ3v) is 3.82. The van der Waals surface area contributed by atoms with Crippen molar-refractivity contribution in [3.05, 3.63) is 29.8 Å². The van der Waals surface area contributed by atoms with Crippen molar-refractivity contribution in [1.29, 1.82) is 0 Å². The van der Waals surface area contributed by atoms with Crippen LogP contribution < -0.4 is 5.32 Å². The molecule has 1 heterocycles. The smallest absolute Gasteiger partial charge is 0.270 e. The van der Waals surface area contributed by atoms with E-state index in [1.54, 1.807) is 0 Å². The number of carbonyl (C=O) groups excluding carboxylic acids is 1. The van der Waals surface area contributed by atoms with Crippen LogP contribution in [-0.4, -0.2) is 29.1 Å². The second kappa shape index (κ2) is 6.10. The summed E-state index contributed by atoms with van der Waals surface area (Å²) in [5.41, 5.74) is -0.148. The lowest BCUT2D eigenvalue weighted by Crippen LogP contribution is -2.41. The molecule has 1 aliphatic carbocycles. The molecule has 5 heteroatoms. The van der Waals surface area contributed by atoms with Gasteiger partial charge in [-0.3, -0.25) is 4.79 Å². The molecule has 19 heavy (non-hydrogen) atoms. The fourth-order valence-electron chi connectivity index (χ4n) is 2.59. The third-order valence-electron chi connectivity index (χ3n) is 3.82. The number of pyridine rings is 1. The van der Waals surface area contributed by atoms with Gasteiger partial charge in [-0.2, -0.15) is 4.39 Å². The summed E-state index contributed by atoms with van der Waals surface area (Å²) in [6.45, 7) is 0.490. The number of nitrogens with one attached hydrogen (secondary N) is 1. The van der Waals surface area contributed by atoms with Crippen LogP contribution >= 0.6 is 0 Å². The Balaban J connectivity index is 1.95. The van der Waals surface area contributed by atoms with Gasteiger partial charge in [-0.15, -0.1) is 0 Å². The highest BCUT2D eigenvalue weighted by Crippen LogP contribution is 2.35. The van der Waals surface area contributed by atoms with Crippen LogP contribution in [0.3, 0.4) is 0 Å². The van der Waals surface area contributed by atoms with Gasteiger partial charge in [-0.05, 0) is 25.0 Å². The van der Waals surface area contributed by atoms with E-state index in [4.69, 9.17) is 0 Å². The van der Waals surface area contributed by atoms with E-state index in [-0.39, 0.29) is 17.7 Å². The van der Waals surface area contributed by atoms with E-state index in [1.807, 2.05) is 0 Å². The number of aliphatic hydroxyl groups excluding tert-OH is 1. The standard InChI is InChI=1S/C14H19FN2O2/c15-12-6-4-5-11(17-12)13(19)16-9-14(10-18)7-2-1-3-8-14/h4-6,18H,1-3,7-10H2,(H,16,19). The Hall–Kier alpha value is -1.49. The highest BCUT2D eigenvalue weighted by molar-refractivity contribution is 5.92. The van der Waals surface area contributed by atoms with E-state index >= 15 is 0 Å². The molecule has 0 aromatic carbocycles. The molecule has 2 rings (SSSR count). The van der Waals surface area contributed by atoms with Gasteiger partial charge >= 0.3 is 0 Å². The summed E-state index contributed by atoms with van der Waals surface area (Å²) in [4.78, 5) is 15.4. The fraction of sp³-hybridized carbons (Fsp3) is 0.571. The van der Waals surface area contributed by atoms with Crippen molar-refractivity contribution in [2.24, 2.45) is 5.41 Å². The van der Waals surface area contributed by atoms with Gasteiger partial charge in [0.05, 0.1) is 6.61 Å². The number of hydrogen-bond donors (Lipinski definition) is 2. The molecule has 0 atom stereocenters. The predicted octanol–water partition coefficient (Wildman–Crippen LogP) is 1.89. The van der Waals surface area contributed by atoms with Crippen LogP contribution in [0, 0.1) is 11.4 Å². The average Bonchev–Trinajstić information content (AvgIpc) is 2.46. The SMILES string of the molecule is O=C(NCC1(CO)CCCCC1)c1cccc(F)n1. The zero-order valence-electron chi connectivity index (χ0n) is 10.9. The summed E-state index contributed by atoms with van der Waals surface area (Å²) < 4.78 is 12.9. The lowest BCUT2D eigenvalue weighted by Gasteiger charge is -2.35. The van der Waals surface area contributed by atoms with Gasteiger partial charge in [-0.25, -0.2) is 4.98 Å².